The molecule has 5 nitrogen and oxygen atoms in total. The van der Waals surface area contributed by atoms with Crippen LogP contribution in [-0.4, -0.2) is 33.8 Å². The van der Waals surface area contributed by atoms with E-state index in [2.05, 4.69) is 10.3 Å². The minimum atomic E-state index is -0.400. The molecule has 3 atom stereocenters. The Hall–Kier alpha value is -1.43. The maximum absolute atomic E-state index is 12.5. The summed E-state index contributed by atoms with van der Waals surface area (Å²) in [5.74, 6) is 0.103. The van der Waals surface area contributed by atoms with Gasteiger partial charge in [-0.1, -0.05) is 27.2 Å². The molecular formula is C14H21N3O2S. The summed E-state index contributed by atoms with van der Waals surface area (Å²) in [4.78, 5) is 30.8. The van der Waals surface area contributed by atoms with Crippen LogP contribution in [0.5, 0.6) is 0 Å². The standard InChI is InChI=1S/C14H21N3O2S/c1-4-9(3)12-13(18)16-10(5-2)14(19)17(12)8-11-15-6-7-20-11/h6-7,9-10,12H,4-5,8H2,1-3H3,(H,16,18). The Kier molecular flexibility index (Phi) is 4.75. The molecule has 1 aliphatic rings. The molecular weight excluding hydrogens is 274 g/mol. The number of hydrogen-bond acceptors (Lipinski definition) is 4. The topological polar surface area (TPSA) is 62.3 Å². The number of thiazole rings is 1. The van der Waals surface area contributed by atoms with Crippen LogP contribution in [0.2, 0.25) is 0 Å². The summed E-state index contributed by atoms with van der Waals surface area (Å²) in [6.07, 6.45) is 3.20. The number of rotatable bonds is 5. The zero-order valence-electron chi connectivity index (χ0n) is 12.1. The van der Waals surface area contributed by atoms with Crippen molar-refractivity contribution in [1.29, 1.82) is 0 Å². The molecule has 0 saturated carbocycles. The van der Waals surface area contributed by atoms with Crippen LogP contribution in [-0.2, 0) is 16.1 Å². The van der Waals surface area contributed by atoms with Gasteiger partial charge in [0.05, 0.1) is 6.54 Å². The van der Waals surface area contributed by atoms with Crippen LogP contribution in [0.3, 0.4) is 0 Å². The monoisotopic (exact) mass is 295 g/mol. The van der Waals surface area contributed by atoms with Crippen molar-refractivity contribution in [2.75, 3.05) is 0 Å². The van der Waals surface area contributed by atoms with Gasteiger partial charge in [0.15, 0.2) is 0 Å². The molecule has 2 rings (SSSR count). The van der Waals surface area contributed by atoms with Gasteiger partial charge in [0.25, 0.3) is 0 Å². The quantitative estimate of drug-likeness (QED) is 0.901. The molecule has 0 spiro atoms. The highest BCUT2D eigenvalue weighted by Crippen LogP contribution is 2.23. The lowest BCUT2D eigenvalue weighted by Crippen LogP contribution is -2.64. The lowest BCUT2D eigenvalue weighted by molar-refractivity contribution is -0.152. The van der Waals surface area contributed by atoms with Crippen LogP contribution in [0.25, 0.3) is 0 Å². The SMILES string of the molecule is CCC1NC(=O)C(C(C)CC)N(Cc2nccs2)C1=O. The van der Waals surface area contributed by atoms with E-state index in [-0.39, 0.29) is 23.8 Å². The molecule has 110 valence electrons. The highest BCUT2D eigenvalue weighted by molar-refractivity contribution is 7.09. The number of aromatic nitrogens is 1. The van der Waals surface area contributed by atoms with E-state index < -0.39 is 6.04 Å². The van der Waals surface area contributed by atoms with Gasteiger partial charge in [0, 0.05) is 11.6 Å². The summed E-state index contributed by atoms with van der Waals surface area (Å²) in [5, 5.41) is 5.60. The van der Waals surface area contributed by atoms with E-state index in [4.69, 9.17) is 0 Å². The molecule has 1 aromatic heterocycles. The first kappa shape index (κ1) is 15.0. The maximum Gasteiger partial charge on any atom is 0.246 e. The smallest absolute Gasteiger partial charge is 0.246 e. The predicted molar refractivity (Wildman–Crippen MR) is 78.1 cm³/mol. The van der Waals surface area contributed by atoms with E-state index in [0.29, 0.717) is 13.0 Å². The van der Waals surface area contributed by atoms with Gasteiger partial charge in [0.2, 0.25) is 11.8 Å². The first-order chi connectivity index (χ1) is 9.58. The molecule has 0 aromatic carbocycles. The molecule has 1 aliphatic heterocycles. The zero-order chi connectivity index (χ0) is 14.7. The molecule has 20 heavy (non-hydrogen) atoms. The summed E-state index contributed by atoms with van der Waals surface area (Å²) in [7, 11) is 0. The number of hydrogen-bond donors (Lipinski definition) is 1. The number of amides is 2. The van der Waals surface area contributed by atoms with E-state index in [9.17, 15) is 9.59 Å². The average Bonchev–Trinajstić information content (AvgIpc) is 2.94. The minimum absolute atomic E-state index is 0.00704. The van der Waals surface area contributed by atoms with Crippen molar-refractivity contribution in [1.82, 2.24) is 15.2 Å². The van der Waals surface area contributed by atoms with Gasteiger partial charge in [-0.2, -0.15) is 0 Å². The van der Waals surface area contributed by atoms with Crippen molar-refractivity contribution in [3.05, 3.63) is 16.6 Å². The Morgan fingerprint density at radius 1 is 1.45 bits per heavy atom. The van der Waals surface area contributed by atoms with Gasteiger partial charge < -0.3 is 10.2 Å². The molecule has 1 saturated heterocycles. The van der Waals surface area contributed by atoms with Gasteiger partial charge in [-0.05, 0) is 12.3 Å². The van der Waals surface area contributed by atoms with E-state index in [1.165, 1.54) is 11.3 Å². The Balaban J connectivity index is 2.27. The fourth-order valence-electron chi connectivity index (χ4n) is 2.52. The molecule has 3 unspecified atom stereocenters. The Labute approximate surface area is 123 Å². The lowest BCUT2D eigenvalue weighted by Gasteiger charge is -2.40. The van der Waals surface area contributed by atoms with Crippen molar-refractivity contribution in [2.45, 2.75) is 52.2 Å². The summed E-state index contributed by atoms with van der Waals surface area (Å²) >= 11 is 1.51. The molecule has 0 aliphatic carbocycles. The fourth-order valence-corrected chi connectivity index (χ4v) is 3.13. The highest BCUT2D eigenvalue weighted by atomic mass is 32.1. The third kappa shape index (κ3) is 2.85. The molecule has 1 N–H and O–H groups in total. The van der Waals surface area contributed by atoms with Gasteiger partial charge in [0.1, 0.15) is 17.1 Å². The van der Waals surface area contributed by atoms with Gasteiger partial charge >= 0.3 is 0 Å². The van der Waals surface area contributed by atoms with Crippen molar-refractivity contribution < 1.29 is 9.59 Å². The summed E-state index contributed by atoms with van der Waals surface area (Å²) in [6.45, 7) is 6.39. The van der Waals surface area contributed by atoms with Gasteiger partial charge in [-0.15, -0.1) is 11.3 Å². The van der Waals surface area contributed by atoms with Crippen LogP contribution < -0.4 is 5.32 Å². The average molecular weight is 295 g/mol. The molecule has 2 amide bonds. The van der Waals surface area contributed by atoms with Crippen molar-refractivity contribution in [2.24, 2.45) is 5.92 Å². The van der Waals surface area contributed by atoms with E-state index in [1.54, 1.807) is 11.1 Å². The molecule has 1 fully saturated rings. The second-order valence-electron chi connectivity index (χ2n) is 5.19. The van der Waals surface area contributed by atoms with Crippen molar-refractivity contribution in [3.63, 3.8) is 0 Å². The van der Waals surface area contributed by atoms with Gasteiger partial charge in [-0.3, -0.25) is 9.59 Å². The first-order valence-corrected chi connectivity index (χ1v) is 7.95. The maximum atomic E-state index is 12.5. The van der Waals surface area contributed by atoms with Crippen molar-refractivity contribution >= 4 is 23.2 Å². The number of nitrogens with one attached hydrogen (secondary N) is 1. The molecule has 2 heterocycles. The summed E-state index contributed by atoms with van der Waals surface area (Å²) in [6, 6.07) is -0.790. The third-order valence-corrected chi connectivity index (χ3v) is 4.65. The normalized spacial score (nSPS) is 24.6. The zero-order valence-corrected chi connectivity index (χ0v) is 12.9. The number of carbonyl (C=O) groups excluding carboxylic acids is 2. The summed E-state index contributed by atoms with van der Waals surface area (Å²) < 4.78 is 0. The van der Waals surface area contributed by atoms with Crippen LogP contribution in [0.1, 0.15) is 38.6 Å². The van der Waals surface area contributed by atoms with Crippen LogP contribution >= 0.6 is 11.3 Å². The molecule has 6 heteroatoms. The minimum Gasteiger partial charge on any atom is -0.343 e. The highest BCUT2D eigenvalue weighted by Gasteiger charge is 2.42. The predicted octanol–water partition coefficient (Wildman–Crippen LogP) is 1.79. The molecule has 0 bridgehead atoms. The van der Waals surface area contributed by atoms with Crippen LogP contribution in [0, 0.1) is 5.92 Å². The Morgan fingerprint density at radius 3 is 2.75 bits per heavy atom. The molecule has 0 radical (unpaired) electrons. The van der Waals surface area contributed by atoms with E-state index >= 15 is 0 Å². The van der Waals surface area contributed by atoms with Crippen LogP contribution in [0.15, 0.2) is 11.6 Å². The largest absolute Gasteiger partial charge is 0.343 e. The molecule has 1 aromatic rings. The number of nitrogens with zero attached hydrogens (tertiary/aromatic N) is 2. The van der Waals surface area contributed by atoms with E-state index in [1.807, 2.05) is 26.2 Å². The fraction of sp³-hybridized carbons (Fsp3) is 0.643. The summed E-state index contributed by atoms with van der Waals surface area (Å²) in [5.41, 5.74) is 0. The van der Waals surface area contributed by atoms with E-state index in [0.717, 1.165) is 11.4 Å². The lowest BCUT2D eigenvalue weighted by atomic mass is 9.93. The Bertz CT molecular complexity index is 475. The van der Waals surface area contributed by atoms with Gasteiger partial charge in [-0.25, -0.2) is 4.98 Å². The van der Waals surface area contributed by atoms with Crippen LogP contribution in [0.4, 0.5) is 0 Å². The second kappa shape index (κ2) is 6.35. The number of piperazine rings is 1. The van der Waals surface area contributed by atoms with Crippen molar-refractivity contribution in [3.8, 4) is 0 Å². The third-order valence-electron chi connectivity index (χ3n) is 3.88. The first-order valence-electron chi connectivity index (χ1n) is 7.07. The second-order valence-corrected chi connectivity index (χ2v) is 6.17. The Morgan fingerprint density at radius 2 is 2.20 bits per heavy atom. The number of carbonyl (C=O) groups is 2.